The fourth-order valence-corrected chi connectivity index (χ4v) is 2.30. The van der Waals surface area contributed by atoms with E-state index in [1.807, 2.05) is 13.8 Å². The molecule has 1 heterocycles. The number of anilines is 1. The van der Waals surface area contributed by atoms with Crippen LogP contribution in [-0.2, 0) is 4.79 Å². The molecule has 2 aromatic rings. The van der Waals surface area contributed by atoms with Crippen LogP contribution >= 0.6 is 11.6 Å². The first kappa shape index (κ1) is 18.8. The molecule has 134 valence electrons. The molecule has 1 N–H and O–H groups in total. The second kappa shape index (κ2) is 8.02. The molecule has 0 unspecified atom stereocenters. The molecule has 1 aromatic heterocycles. The van der Waals surface area contributed by atoms with Gasteiger partial charge in [-0.3, -0.25) is 9.59 Å². The summed E-state index contributed by atoms with van der Waals surface area (Å²) in [7, 11) is 1.52. The highest BCUT2D eigenvalue weighted by Crippen LogP contribution is 2.25. The Hall–Kier alpha value is -2.54. The lowest BCUT2D eigenvalue weighted by molar-refractivity contribution is -0.116. The Balaban J connectivity index is 2.08. The first-order valence-electron chi connectivity index (χ1n) is 7.71. The summed E-state index contributed by atoms with van der Waals surface area (Å²) < 4.78 is 10.5. The van der Waals surface area contributed by atoms with Gasteiger partial charge in [0.2, 0.25) is 5.91 Å². The smallest absolute Gasteiger partial charge is 0.257 e. The summed E-state index contributed by atoms with van der Waals surface area (Å²) in [6.07, 6.45) is -0.100. The fourth-order valence-electron chi connectivity index (χ4n) is 2.13. The quantitative estimate of drug-likeness (QED) is 0.850. The van der Waals surface area contributed by atoms with Crippen LogP contribution in [0.4, 0.5) is 5.82 Å². The number of aryl methyl sites for hydroxylation is 1. The van der Waals surface area contributed by atoms with Crippen molar-refractivity contribution >= 4 is 29.2 Å². The minimum atomic E-state index is -0.391. The van der Waals surface area contributed by atoms with E-state index in [9.17, 15) is 9.59 Å². The molecular formula is C17H20ClN3O4. The Morgan fingerprint density at radius 3 is 2.68 bits per heavy atom. The number of carbonyl (C=O) groups is 2. The van der Waals surface area contributed by atoms with Gasteiger partial charge >= 0.3 is 0 Å². The number of carbonyl (C=O) groups excluding carboxylic acids is 2. The topological polar surface area (TPSA) is 84.7 Å². The number of aromatic nitrogens is 1. The maximum atomic E-state index is 12.7. The van der Waals surface area contributed by atoms with Crippen molar-refractivity contribution in [2.45, 2.75) is 26.9 Å². The monoisotopic (exact) mass is 365 g/mol. The molecule has 0 atom stereocenters. The predicted molar refractivity (Wildman–Crippen MR) is 94.0 cm³/mol. The van der Waals surface area contributed by atoms with E-state index in [1.165, 1.54) is 18.0 Å². The molecule has 0 bridgehead atoms. The summed E-state index contributed by atoms with van der Waals surface area (Å²) in [6.45, 7) is 5.28. The summed E-state index contributed by atoms with van der Waals surface area (Å²) >= 11 is 5.99. The molecule has 0 spiro atoms. The van der Waals surface area contributed by atoms with E-state index in [-0.39, 0.29) is 18.6 Å². The number of hydrogen-bond acceptors (Lipinski definition) is 5. The van der Waals surface area contributed by atoms with Gasteiger partial charge in [-0.1, -0.05) is 16.8 Å². The second-order valence-electron chi connectivity index (χ2n) is 5.84. The van der Waals surface area contributed by atoms with Gasteiger partial charge in [0.1, 0.15) is 11.5 Å². The molecule has 7 nitrogen and oxygen atoms in total. The van der Waals surface area contributed by atoms with Crippen LogP contribution in [0, 0.1) is 6.92 Å². The van der Waals surface area contributed by atoms with Crippen molar-refractivity contribution in [2.75, 3.05) is 18.9 Å². The summed E-state index contributed by atoms with van der Waals surface area (Å²) in [5, 5.41) is 6.65. The maximum Gasteiger partial charge on any atom is 0.257 e. The molecule has 0 radical (unpaired) electrons. The molecule has 25 heavy (non-hydrogen) atoms. The number of nitrogens with zero attached hydrogens (tertiary/aromatic N) is 2. The molecule has 0 aliphatic heterocycles. The number of nitrogens with one attached hydrogen (secondary N) is 1. The van der Waals surface area contributed by atoms with E-state index in [0.29, 0.717) is 27.9 Å². The molecule has 0 fully saturated rings. The molecule has 2 amide bonds. The zero-order valence-electron chi connectivity index (χ0n) is 14.5. The van der Waals surface area contributed by atoms with Gasteiger partial charge in [-0.2, -0.15) is 0 Å². The van der Waals surface area contributed by atoms with Crippen LogP contribution in [0.25, 0.3) is 0 Å². The summed E-state index contributed by atoms with van der Waals surface area (Å²) in [6, 6.07) is 6.40. The number of ether oxygens (including phenoxy) is 1. The lowest BCUT2D eigenvalue weighted by Gasteiger charge is -2.19. The largest absolute Gasteiger partial charge is 0.490 e. The summed E-state index contributed by atoms with van der Waals surface area (Å²) in [5.41, 5.74) is 0.300. The van der Waals surface area contributed by atoms with E-state index >= 15 is 0 Å². The minimum absolute atomic E-state index is 0.100. The van der Waals surface area contributed by atoms with Crippen molar-refractivity contribution in [1.29, 1.82) is 0 Å². The number of hydrogen-bond donors (Lipinski definition) is 1. The highest BCUT2D eigenvalue weighted by molar-refractivity contribution is 6.31. The average molecular weight is 366 g/mol. The van der Waals surface area contributed by atoms with Crippen molar-refractivity contribution in [3.8, 4) is 5.75 Å². The maximum absolute atomic E-state index is 12.7. The second-order valence-corrected chi connectivity index (χ2v) is 6.28. The normalized spacial score (nSPS) is 10.6. The Kier molecular flexibility index (Phi) is 6.03. The number of rotatable bonds is 6. The van der Waals surface area contributed by atoms with Crippen LogP contribution in [0.5, 0.6) is 5.75 Å². The molecule has 0 saturated carbocycles. The van der Waals surface area contributed by atoms with Crippen molar-refractivity contribution in [3.05, 3.63) is 40.6 Å². The Morgan fingerprint density at radius 1 is 1.36 bits per heavy atom. The van der Waals surface area contributed by atoms with Gasteiger partial charge in [-0.15, -0.1) is 0 Å². The first-order valence-corrected chi connectivity index (χ1v) is 8.09. The van der Waals surface area contributed by atoms with Crippen LogP contribution in [-0.4, -0.2) is 41.6 Å². The van der Waals surface area contributed by atoms with Crippen molar-refractivity contribution in [2.24, 2.45) is 0 Å². The zero-order valence-corrected chi connectivity index (χ0v) is 15.3. The van der Waals surface area contributed by atoms with E-state index < -0.39 is 5.91 Å². The fraction of sp³-hybridized carbons (Fsp3) is 0.353. The van der Waals surface area contributed by atoms with Gasteiger partial charge in [0.15, 0.2) is 5.82 Å². The van der Waals surface area contributed by atoms with Crippen molar-refractivity contribution in [3.63, 3.8) is 0 Å². The Bertz CT molecular complexity index is 773. The number of amides is 2. The van der Waals surface area contributed by atoms with Gasteiger partial charge in [0.25, 0.3) is 5.91 Å². The molecule has 2 rings (SSSR count). The van der Waals surface area contributed by atoms with E-state index in [1.54, 1.807) is 25.1 Å². The third kappa shape index (κ3) is 5.22. The number of likely N-dealkylation sites (N-methyl/N-ethyl adjacent to an activating group) is 1. The van der Waals surface area contributed by atoms with Gasteiger partial charge < -0.3 is 19.5 Å². The van der Waals surface area contributed by atoms with E-state index in [0.717, 1.165) is 0 Å². The predicted octanol–water partition coefficient (Wildman–Crippen LogP) is 3.13. The standard InChI is InChI=1S/C17H20ClN3O4/c1-10(2)24-14-6-5-12(18)8-13(14)17(23)21(4)9-16(22)19-15-7-11(3)25-20-15/h5-8,10H,9H2,1-4H3,(H,19,20,22). The summed E-state index contributed by atoms with van der Waals surface area (Å²) in [5.74, 6) is 0.537. The molecule has 1 aromatic carbocycles. The van der Waals surface area contributed by atoms with Crippen LogP contribution < -0.4 is 10.1 Å². The van der Waals surface area contributed by atoms with Crippen LogP contribution in [0.15, 0.2) is 28.8 Å². The van der Waals surface area contributed by atoms with Crippen LogP contribution in [0.1, 0.15) is 30.0 Å². The van der Waals surface area contributed by atoms with E-state index in [4.69, 9.17) is 20.9 Å². The average Bonchev–Trinajstić information content (AvgIpc) is 2.92. The van der Waals surface area contributed by atoms with Crippen LogP contribution in [0.3, 0.4) is 0 Å². The molecule has 0 aliphatic carbocycles. The Morgan fingerprint density at radius 2 is 2.08 bits per heavy atom. The van der Waals surface area contributed by atoms with Gasteiger partial charge in [-0.25, -0.2) is 0 Å². The third-order valence-corrected chi connectivity index (χ3v) is 3.39. The first-order chi connectivity index (χ1) is 11.8. The van der Waals surface area contributed by atoms with Crippen molar-refractivity contribution in [1.82, 2.24) is 10.1 Å². The zero-order chi connectivity index (χ0) is 18.6. The Labute approximate surface area is 150 Å². The minimum Gasteiger partial charge on any atom is -0.490 e. The third-order valence-electron chi connectivity index (χ3n) is 3.16. The van der Waals surface area contributed by atoms with Gasteiger partial charge in [0.05, 0.1) is 18.2 Å². The van der Waals surface area contributed by atoms with Gasteiger partial charge in [-0.05, 0) is 39.0 Å². The van der Waals surface area contributed by atoms with E-state index in [2.05, 4.69) is 10.5 Å². The van der Waals surface area contributed by atoms with Crippen LogP contribution in [0.2, 0.25) is 5.02 Å². The summed E-state index contributed by atoms with van der Waals surface area (Å²) in [4.78, 5) is 26.0. The molecular weight excluding hydrogens is 346 g/mol. The lowest BCUT2D eigenvalue weighted by Crippen LogP contribution is -2.35. The highest BCUT2D eigenvalue weighted by atomic mass is 35.5. The number of halogens is 1. The lowest BCUT2D eigenvalue weighted by atomic mass is 10.1. The molecule has 0 aliphatic rings. The molecule has 0 saturated heterocycles. The highest BCUT2D eigenvalue weighted by Gasteiger charge is 2.20. The SMILES string of the molecule is Cc1cc(NC(=O)CN(C)C(=O)c2cc(Cl)ccc2OC(C)C)no1. The number of benzene rings is 1. The molecule has 8 heteroatoms. The van der Waals surface area contributed by atoms with Crippen molar-refractivity contribution < 1.29 is 18.8 Å². The van der Waals surface area contributed by atoms with Gasteiger partial charge in [0, 0.05) is 18.1 Å².